The molecule has 26 heavy (non-hydrogen) atoms. The predicted octanol–water partition coefficient (Wildman–Crippen LogP) is 3.29. The van der Waals surface area contributed by atoms with Crippen LogP contribution in [0.2, 0.25) is 0 Å². The molecule has 5 nitrogen and oxygen atoms in total. The summed E-state index contributed by atoms with van der Waals surface area (Å²) in [7, 11) is 0. The third-order valence-electron chi connectivity index (χ3n) is 4.18. The van der Waals surface area contributed by atoms with Gasteiger partial charge in [-0.3, -0.25) is 9.59 Å². The molecular weight excluding hydrogens is 350 g/mol. The van der Waals surface area contributed by atoms with Gasteiger partial charge in [0.05, 0.1) is 19.1 Å². The van der Waals surface area contributed by atoms with Gasteiger partial charge in [-0.15, -0.1) is 11.8 Å². The van der Waals surface area contributed by atoms with Crippen LogP contribution >= 0.6 is 11.8 Å². The van der Waals surface area contributed by atoms with Crippen molar-refractivity contribution in [3.05, 3.63) is 65.7 Å². The third kappa shape index (κ3) is 5.09. The molecule has 1 fully saturated rings. The van der Waals surface area contributed by atoms with E-state index in [2.05, 4.69) is 12.1 Å². The Bertz CT molecular complexity index is 748. The molecule has 1 amide bonds. The zero-order valence-electron chi connectivity index (χ0n) is 14.3. The van der Waals surface area contributed by atoms with Gasteiger partial charge < -0.3 is 14.7 Å². The summed E-state index contributed by atoms with van der Waals surface area (Å²) in [6.45, 7) is 1.17. The summed E-state index contributed by atoms with van der Waals surface area (Å²) in [6.07, 6.45) is -0.522. The van der Waals surface area contributed by atoms with Gasteiger partial charge in [-0.05, 0) is 29.8 Å². The number of thioether (sulfide) groups is 1. The van der Waals surface area contributed by atoms with Gasteiger partial charge in [0.1, 0.15) is 0 Å². The van der Waals surface area contributed by atoms with Crippen molar-refractivity contribution in [3.63, 3.8) is 0 Å². The number of carbonyl (C=O) groups is 2. The normalized spacial score (nSPS) is 17.1. The summed E-state index contributed by atoms with van der Waals surface area (Å²) >= 11 is 1.75. The zero-order valence-corrected chi connectivity index (χ0v) is 15.2. The van der Waals surface area contributed by atoms with Crippen molar-refractivity contribution < 1.29 is 19.4 Å². The molecule has 0 aliphatic carbocycles. The molecule has 3 rings (SSSR count). The standard InChI is InChI=1S/C20H21NO4S/c22-19(23)12-17-13-21(10-11-25-17)20(24)16-8-6-15(7-9-16)14-26-18-4-2-1-3-5-18/h1-9,17H,10-14H2,(H,22,23). The molecule has 0 saturated carbocycles. The van der Waals surface area contributed by atoms with Gasteiger partial charge in [-0.2, -0.15) is 0 Å². The van der Waals surface area contributed by atoms with Crippen molar-refractivity contribution in [1.29, 1.82) is 0 Å². The first-order valence-electron chi connectivity index (χ1n) is 8.51. The van der Waals surface area contributed by atoms with Crippen LogP contribution < -0.4 is 0 Å². The Morgan fingerprint density at radius 3 is 2.54 bits per heavy atom. The summed E-state index contributed by atoms with van der Waals surface area (Å²) in [6, 6.07) is 17.8. The maximum Gasteiger partial charge on any atom is 0.306 e. The van der Waals surface area contributed by atoms with Crippen LogP contribution in [0.4, 0.5) is 0 Å². The number of hydrogen-bond acceptors (Lipinski definition) is 4. The average Bonchev–Trinajstić information content (AvgIpc) is 2.67. The van der Waals surface area contributed by atoms with E-state index in [-0.39, 0.29) is 12.3 Å². The molecule has 1 saturated heterocycles. The van der Waals surface area contributed by atoms with Gasteiger partial charge in [-0.25, -0.2) is 0 Å². The van der Waals surface area contributed by atoms with Crippen LogP contribution in [-0.4, -0.2) is 47.7 Å². The Morgan fingerprint density at radius 2 is 1.85 bits per heavy atom. The number of benzene rings is 2. The van der Waals surface area contributed by atoms with Crippen molar-refractivity contribution in [2.75, 3.05) is 19.7 Å². The van der Waals surface area contributed by atoms with Crippen LogP contribution in [-0.2, 0) is 15.3 Å². The number of rotatable bonds is 6. The highest BCUT2D eigenvalue weighted by atomic mass is 32.2. The second kappa shape index (κ2) is 8.87. The van der Waals surface area contributed by atoms with Crippen LogP contribution in [0, 0.1) is 0 Å². The number of carboxylic acid groups (broad SMARTS) is 1. The summed E-state index contributed by atoms with van der Waals surface area (Å²) in [4.78, 5) is 26.4. The monoisotopic (exact) mass is 371 g/mol. The van der Waals surface area contributed by atoms with Gasteiger partial charge in [-0.1, -0.05) is 30.3 Å². The molecule has 0 spiro atoms. The average molecular weight is 371 g/mol. The fourth-order valence-electron chi connectivity index (χ4n) is 2.83. The first-order chi connectivity index (χ1) is 12.6. The van der Waals surface area contributed by atoms with E-state index >= 15 is 0 Å². The van der Waals surface area contributed by atoms with Gasteiger partial charge >= 0.3 is 5.97 Å². The second-order valence-corrected chi connectivity index (χ2v) is 7.19. The maximum absolute atomic E-state index is 12.6. The Kier molecular flexibility index (Phi) is 6.30. The highest BCUT2D eigenvalue weighted by Gasteiger charge is 2.26. The van der Waals surface area contributed by atoms with Gasteiger partial charge in [0.25, 0.3) is 5.91 Å². The number of amides is 1. The number of ether oxygens (including phenoxy) is 1. The topological polar surface area (TPSA) is 66.8 Å². The van der Waals surface area contributed by atoms with E-state index in [4.69, 9.17) is 9.84 Å². The molecule has 1 heterocycles. The van der Waals surface area contributed by atoms with E-state index in [0.717, 1.165) is 11.3 Å². The lowest BCUT2D eigenvalue weighted by Gasteiger charge is -2.32. The van der Waals surface area contributed by atoms with E-state index in [1.165, 1.54) is 4.90 Å². The lowest BCUT2D eigenvalue weighted by Crippen LogP contribution is -2.46. The molecule has 1 N–H and O–H groups in total. The minimum atomic E-state index is -0.912. The van der Waals surface area contributed by atoms with E-state index in [0.29, 0.717) is 25.3 Å². The lowest BCUT2D eigenvalue weighted by molar-refractivity contribution is -0.141. The summed E-state index contributed by atoms with van der Waals surface area (Å²) < 4.78 is 5.42. The quantitative estimate of drug-likeness (QED) is 0.789. The van der Waals surface area contributed by atoms with Crippen LogP contribution in [0.5, 0.6) is 0 Å². The molecular formula is C20H21NO4S. The number of aliphatic carboxylic acids is 1. The summed E-state index contributed by atoms with van der Waals surface area (Å²) in [5.41, 5.74) is 1.77. The number of hydrogen-bond donors (Lipinski definition) is 1. The van der Waals surface area contributed by atoms with Crippen molar-refractivity contribution in [2.24, 2.45) is 0 Å². The number of morpholine rings is 1. The minimum absolute atomic E-state index is 0.0778. The largest absolute Gasteiger partial charge is 0.481 e. The fourth-order valence-corrected chi connectivity index (χ4v) is 3.71. The number of nitrogens with zero attached hydrogens (tertiary/aromatic N) is 1. The Labute approximate surface area is 157 Å². The summed E-state index contributed by atoms with van der Waals surface area (Å²) in [5, 5.41) is 8.89. The van der Waals surface area contributed by atoms with E-state index in [1.807, 2.05) is 42.5 Å². The lowest BCUT2D eigenvalue weighted by atomic mass is 10.1. The smallest absolute Gasteiger partial charge is 0.306 e. The second-order valence-electron chi connectivity index (χ2n) is 6.14. The molecule has 6 heteroatoms. The summed E-state index contributed by atoms with van der Waals surface area (Å²) in [5.74, 6) is -0.146. The molecule has 1 atom stereocenters. The van der Waals surface area contributed by atoms with E-state index in [1.54, 1.807) is 16.7 Å². The van der Waals surface area contributed by atoms with Crippen molar-refractivity contribution >= 4 is 23.6 Å². The molecule has 1 unspecified atom stereocenters. The van der Waals surface area contributed by atoms with Gasteiger partial charge in [0.2, 0.25) is 0 Å². The van der Waals surface area contributed by atoms with Crippen molar-refractivity contribution in [1.82, 2.24) is 4.90 Å². The Hall–Kier alpha value is -2.31. The molecule has 0 bridgehead atoms. The predicted molar refractivity (Wildman–Crippen MR) is 100 cm³/mol. The minimum Gasteiger partial charge on any atom is -0.481 e. The molecule has 1 aliphatic heterocycles. The zero-order chi connectivity index (χ0) is 18.4. The maximum atomic E-state index is 12.6. The van der Waals surface area contributed by atoms with Crippen LogP contribution in [0.3, 0.4) is 0 Å². The number of carboxylic acids is 1. The van der Waals surface area contributed by atoms with Crippen LogP contribution in [0.1, 0.15) is 22.3 Å². The number of carbonyl (C=O) groups excluding carboxylic acids is 1. The molecule has 136 valence electrons. The molecule has 2 aromatic carbocycles. The molecule has 0 radical (unpaired) electrons. The van der Waals surface area contributed by atoms with Crippen molar-refractivity contribution in [2.45, 2.75) is 23.2 Å². The molecule has 0 aromatic heterocycles. The molecule has 2 aromatic rings. The fraction of sp³-hybridized carbons (Fsp3) is 0.300. The third-order valence-corrected chi connectivity index (χ3v) is 5.26. The Balaban J connectivity index is 1.57. The van der Waals surface area contributed by atoms with Gasteiger partial charge in [0, 0.05) is 29.3 Å². The van der Waals surface area contributed by atoms with E-state index < -0.39 is 12.1 Å². The highest BCUT2D eigenvalue weighted by molar-refractivity contribution is 7.98. The SMILES string of the molecule is O=C(O)CC1CN(C(=O)c2ccc(CSc3ccccc3)cc2)CCO1. The molecule has 1 aliphatic rings. The van der Waals surface area contributed by atoms with Crippen LogP contribution in [0.15, 0.2) is 59.5 Å². The van der Waals surface area contributed by atoms with Gasteiger partial charge in [0.15, 0.2) is 0 Å². The first kappa shape index (κ1) is 18.5. The Morgan fingerprint density at radius 1 is 1.12 bits per heavy atom. The van der Waals surface area contributed by atoms with Crippen LogP contribution in [0.25, 0.3) is 0 Å². The first-order valence-corrected chi connectivity index (χ1v) is 9.50. The highest BCUT2D eigenvalue weighted by Crippen LogP contribution is 2.22. The van der Waals surface area contributed by atoms with Crippen molar-refractivity contribution in [3.8, 4) is 0 Å². The van der Waals surface area contributed by atoms with E-state index in [9.17, 15) is 9.59 Å².